The topological polar surface area (TPSA) is 44.2 Å². The Morgan fingerprint density at radius 1 is 1.55 bits per heavy atom. The number of carbonyl (C=O) groups is 1. The third-order valence-electron chi connectivity index (χ3n) is 1.47. The monoisotopic (exact) mass is 154 g/mol. The lowest BCUT2D eigenvalue weighted by atomic mass is 10.3. The first-order chi connectivity index (χ1) is 5.11. The molecule has 0 aliphatic carbocycles. The highest BCUT2D eigenvalue weighted by atomic mass is 16.1. The van der Waals surface area contributed by atoms with Gasteiger partial charge in [-0.1, -0.05) is 0 Å². The quantitative estimate of drug-likeness (QED) is 0.374. The highest BCUT2D eigenvalue weighted by Gasteiger charge is 1.98. The number of aldehydes is 1. The Morgan fingerprint density at radius 2 is 2.09 bits per heavy atom. The Kier molecular flexibility index (Phi) is 4.18. The average Bonchev–Trinajstić information content (AvgIpc) is 1.99. The lowest BCUT2D eigenvalue weighted by Crippen LogP contribution is -2.20. The Morgan fingerprint density at radius 3 is 2.36 bits per heavy atom. The minimum absolute atomic E-state index is 0.352. The van der Waals surface area contributed by atoms with Gasteiger partial charge in [0.25, 0.3) is 0 Å². The molecule has 0 heterocycles. The maximum Gasteiger partial charge on any atom is 0.153 e. The van der Waals surface area contributed by atoms with Crippen molar-refractivity contribution in [2.45, 2.75) is 19.9 Å². The highest BCUT2D eigenvalue weighted by Crippen LogP contribution is 1.96. The molecule has 62 valence electrons. The van der Waals surface area contributed by atoms with E-state index in [1.807, 2.05) is 25.8 Å². The Balaban J connectivity index is 4.25. The summed E-state index contributed by atoms with van der Waals surface area (Å²) in [5, 5.41) is 6.84. The van der Waals surface area contributed by atoms with Crippen LogP contribution in [0.15, 0.2) is 11.8 Å². The Bertz CT molecular complexity index is 163. The standard InChI is InChI=1S/C8H14N2O/c1-7(2)10(3)5-8(4-9)6-11/h4-7,9H,1-3H3/b8-5+,9-4?. The SMILES string of the molecule is CC(C)N(C)/C=C(\C=N)C=O. The summed E-state index contributed by atoms with van der Waals surface area (Å²) in [5.74, 6) is 0. The molecule has 0 fully saturated rings. The van der Waals surface area contributed by atoms with E-state index in [0.717, 1.165) is 6.21 Å². The fourth-order valence-corrected chi connectivity index (χ4v) is 0.486. The summed E-state index contributed by atoms with van der Waals surface area (Å²) in [4.78, 5) is 12.1. The first-order valence-corrected chi connectivity index (χ1v) is 3.51. The summed E-state index contributed by atoms with van der Waals surface area (Å²) >= 11 is 0. The maximum absolute atomic E-state index is 10.2. The molecule has 0 radical (unpaired) electrons. The molecule has 1 N–H and O–H groups in total. The lowest BCUT2D eigenvalue weighted by molar-refractivity contribution is -0.104. The lowest BCUT2D eigenvalue weighted by Gasteiger charge is -2.18. The molecule has 0 aromatic carbocycles. The first kappa shape index (κ1) is 9.88. The molecule has 0 saturated carbocycles. The molecule has 0 unspecified atom stereocenters. The van der Waals surface area contributed by atoms with Crippen molar-refractivity contribution in [3.05, 3.63) is 11.8 Å². The van der Waals surface area contributed by atoms with Gasteiger partial charge in [0.05, 0.1) is 0 Å². The predicted octanol–water partition coefficient (Wildman–Crippen LogP) is 1.06. The summed E-state index contributed by atoms with van der Waals surface area (Å²) in [6, 6.07) is 0.352. The van der Waals surface area contributed by atoms with Crippen molar-refractivity contribution in [1.82, 2.24) is 4.90 Å². The van der Waals surface area contributed by atoms with Crippen LogP contribution in [-0.2, 0) is 4.79 Å². The van der Waals surface area contributed by atoms with Gasteiger partial charge in [-0.2, -0.15) is 0 Å². The fourth-order valence-electron chi connectivity index (χ4n) is 0.486. The molecular formula is C8H14N2O. The van der Waals surface area contributed by atoms with Crippen LogP contribution in [0.3, 0.4) is 0 Å². The van der Waals surface area contributed by atoms with Crippen LogP contribution in [0, 0.1) is 5.41 Å². The number of carbonyl (C=O) groups excluding carboxylic acids is 1. The Labute approximate surface area is 67.2 Å². The van der Waals surface area contributed by atoms with Crippen molar-refractivity contribution in [1.29, 1.82) is 5.41 Å². The molecule has 0 aromatic rings. The number of nitrogens with one attached hydrogen (secondary N) is 1. The van der Waals surface area contributed by atoms with E-state index in [9.17, 15) is 4.79 Å². The molecule has 0 aliphatic rings. The summed E-state index contributed by atoms with van der Waals surface area (Å²) in [7, 11) is 1.87. The zero-order valence-electron chi connectivity index (χ0n) is 7.16. The van der Waals surface area contributed by atoms with Crippen molar-refractivity contribution in [2.75, 3.05) is 7.05 Å². The Hall–Kier alpha value is -1.12. The molecule has 0 aromatic heterocycles. The van der Waals surface area contributed by atoms with Crippen molar-refractivity contribution in [2.24, 2.45) is 0 Å². The van der Waals surface area contributed by atoms with Crippen LogP contribution in [0.5, 0.6) is 0 Å². The smallest absolute Gasteiger partial charge is 0.153 e. The van der Waals surface area contributed by atoms with Crippen molar-refractivity contribution < 1.29 is 4.79 Å². The van der Waals surface area contributed by atoms with Gasteiger partial charge in [-0.15, -0.1) is 0 Å². The van der Waals surface area contributed by atoms with E-state index in [2.05, 4.69) is 0 Å². The summed E-state index contributed by atoms with van der Waals surface area (Å²) in [6.07, 6.45) is 3.38. The van der Waals surface area contributed by atoms with Crippen molar-refractivity contribution in [3.8, 4) is 0 Å². The summed E-state index contributed by atoms with van der Waals surface area (Å²) < 4.78 is 0. The van der Waals surface area contributed by atoms with Gasteiger partial charge >= 0.3 is 0 Å². The predicted molar refractivity (Wildman–Crippen MR) is 45.8 cm³/mol. The fraction of sp³-hybridized carbons (Fsp3) is 0.500. The van der Waals surface area contributed by atoms with E-state index < -0.39 is 0 Å². The van der Waals surface area contributed by atoms with E-state index >= 15 is 0 Å². The van der Waals surface area contributed by atoms with Crippen LogP contribution in [0.2, 0.25) is 0 Å². The number of hydrogen-bond donors (Lipinski definition) is 1. The van der Waals surface area contributed by atoms with Gasteiger partial charge in [0.2, 0.25) is 0 Å². The number of rotatable bonds is 4. The van der Waals surface area contributed by atoms with Gasteiger partial charge in [-0.05, 0) is 13.8 Å². The molecule has 11 heavy (non-hydrogen) atoms. The third-order valence-corrected chi connectivity index (χ3v) is 1.47. The molecule has 3 nitrogen and oxygen atoms in total. The molecular weight excluding hydrogens is 140 g/mol. The minimum atomic E-state index is 0.352. The highest BCUT2D eigenvalue weighted by molar-refractivity contribution is 6.00. The van der Waals surface area contributed by atoms with Gasteiger partial charge in [0, 0.05) is 31.1 Å². The number of nitrogens with zero attached hydrogens (tertiary/aromatic N) is 1. The maximum atomic E-state index is 10.2. The normalized spacial score (nSPS) is 11.5. The summed E-state index contributed by atoms with van der Waals surface area (Å²) in [5.41, 5.74) is 0.390. The second kappa shape index (κ2) is 4.66. The largest absolute Gasteiger partial charge is 0.377 e. The van der Waals surface area contributed by atoms with E-state index in [-0.39, 0.29) is 0 Å². The van der Waals surface area contributed by atoms with E-state index in [1.54, 1.807) is 6.20 Å². The second-order valence-electron chi connectivity index (χ2n) is 2.65. The molecule has 0 amide bonds. The van der Waals surface area contributed by atoms with Crippen LogP contribution in [-0.4, -0.2) is 30.5 Å². The molecule has 0 saturated heterocycles. The first-order valence-electron chi connectivity index (χ1n) is 3.51. The van der Waals surface area contributed by atoms with Gasteiger partial charge in [-0.25, -0.2) is 0 Å². The van der Waals surface area contributed by atoms with Crippen LogP contribution < -0.4 is 0 Å². The summed E-state index contributed by atoms with van der Waals surface area (Å²) in [6.45, 7) is 4.03. The number of hydrogen-bond acceptors (Lipinski definition) is 3. The average molecular weight is 154 g/mol. The third kappa shape index (κ3) is 3.55. The molecule has 0 spiro atoms. The van der Waals surface area contributed by atoms with E-state index in [0.29, 0.717) is 17.9 Å². The van der Waals surface area contributed by atoms with Crippen molar-refractivity contribution in [3.63, 3.8) is 0 Å². The van der Waals surface area contributed by atoms with Gasteiger partial charge in [0.1, 0.15) is 0 Å². The zero-order valence-corrected chi connectivity index (χ0v) is 7.16. The second-order valence-corrected chi connectivity index (χ2v) is 2.65. The molecule has 0 rings (SSSR count). The number of allylic oxidation sites excluding steroid dienone is 1. The van der Waals surface area contributed by atoms with Crippen molar-refractivity contribution >= 4 is 12.5 Å². The van der Waals surface area contributed by atoms with Crippen LogP contribution in [0.4, 0.5) is 0 Å². The molecule has 0 bridgehead atoms. The minimum Gasteiger partial charge on any atom is -0.377 e. The van der Waals surface area contributed by atoms with E-state index in [4.69, 9.17) is 5.41 Å². The molecule has 0 aliphatic heterocycles. The van der Waals surface area contributed by atoms with Gasteiger partial charge < -0.3 is 10.3 Å². The van der Waals surface area contributed by atoms with Gasteiger partial charge in [0.15, 0.2) is 6.29 Å². The van der Waals surface area contributed by atoms with Gasteiger partial charge in [-0.3, -0.25) is 4.79 Å². The zero-order chi connectivity index (χ0) is 8.85. The van der Waals surface area contributed by atoms with Crippen LogP contribution in [0.25, 0.3) is 0 Å². The van der Waals surface area contributed by atoms with E-state index in [1.165, 1.54) is 0 Å². The van der Waals surface area contributed by atoms with Crippen LogP contribution in [0.1, 0.15) is 13.8 Å². The molecule has 3 heteroatoms. The molecule has 0 atom stereocenters. The van der Waals surface area contributed by atoms with Crippen LogP contribution >= 0.6 is 0 Å².